The number of hydrogen-bond acceptors (Lipinski definition) is 2. The largest absolute Gasteiger partial charge is 0.359 e. The van der Waals surface area contributed by atoms with E-state index in [1.165, 1.54) is 49.8 Å². The zero-order valence-corrected chi connectivity index (χ0v) is 14.6. The summed E-state index contributed by atoms with van der Waals surface area (Å²) in [5.74, 6) is 2.87. The summed E-state index contributed by atoms with van der Waals surface area (Å²) in [6.45, 7) is 3.05. The van der Waals surface area contributed by atoms with E-state index in [1.54, 1.807) is 0 Å². The molecule has 1 amide bonds. The Kier molecular flexibility index (Phi) is 3.23. The number of fused-ring (bicyclic) bond motifs is 1. The quantitative estimate of drug-likeness (QED) is 0.922. The molecule has 3 nitrogen and oxygen atoms in total. The van der Waals surface area contributed by atoms with Crippen LogP contribution in [0.1, 0.15) is 51.0 Å². The van der Waals surface area contributed by atoms with E-state index in [0.29, 0.717) is 0 Å². The standard InChI is InChI=1S/C21H28N2O/c1-14(23-7-6-18-4-2-3-5-19(18)23)20(24)22-21-11-15-8-16(12-21)10-17(9-15)13-21/h2-5,14-17H,6-13H2,1H3,(H,22,24)/t14-,15?,16?,17?,21?/m1/s1. The SMILES string of the molecule is C[C@H](C(=O)NC12CC3CC(CC(C3)C1)C2)N1CCc2ccccc21. The number of anilines is 1. The molecule has 24 heavy (non-hydrogen) atoms. The molecule has 1 aromatic rings. The van der Waals surface area contributed by atoms with Gasteiger partial charge in [-0.3, -0.25) is 4.79 Å². The van der Waals surface area contributed by atoms with Crippen LogP contribution >= 0.6 is 0 Å². The average molecular weight is 324 g/mol. The van der Waals surface area contributed by atoms with Gasteiger partial charge in [0.1, 0.15) is 6.04 Å². The van der Waals surface area contributed by atoms with E-state index in [9.17, 15) is 4.79 Å². The number of nitrogens with one attached hydrogen (secondary N) is 1. The Morgan fingerprint density at radius 1 is 1.12 bits per heavy atom. The molecule has 1 aliphatic heterocycles. The Hall–Kier alpha value is -1.51. The molecule has 1 heterocycles. The predicted octanol–water partition coefficient (Wildman–Crippen LogP) is 3.52. The van der Waals surface area contributed by atoms with E-state index >= 15 is 0 Å². The highest BCUT2D eigenvalue weighted by molar-refractivity contribution is 5.86. The Morgan fingerprint density at radius 2 is 1.75 bits per heavy atom. The molecule has 0 aromatic heterocycles. The molecule has 4 saturated carbocycles. The van der Waals surface area contributed by atoms with E-state index in [0.717, 1.165) is 30.7 Å². The van der Waals surface area contributed by atoms with Crippen LogP contribution in [0.3, 0.4) is 0 Å². The van der Waals surface area contributed by atoms with Gasteiger partial charge in [-0.15, -0.1) is 0 Å². The molecule has 0 saturated heterocycles. The molecular weight excluding hydrogens is 296 g/mol. The van der Waals surface area contributed by atoms with Gasteiger partial charge >= 0.3 is 0 Å². The third-order valence-electron chi connectivity index (χ3n) is 7.20. The van der Waals surface area contributed by atoms with Crippen molar-refractivity contribution in [3.63, 3.8) is 0 Å². The molecule has 0 radical (unpaired) electrons. The first kappa shape index (κ1) is 14.8. The Bertz CT molecular complexity index is 632. The normalized spacial score (nSPS) is 37.4. The lowest BCUT2D eigenvalue weighted by molar-refractivity contribution is -0.127. The van der Waals surface area contributed by atoms with Gasteiger partial charge in [0.25, 0.3) is 0 Å². The highest BCUT2D eigenvalue weighted by Gasteiger charge is 2.51. The fraction of sp³-hybridized carbons (Fsp3) is 0.667. The number of nitrogens with zero attached hydrogens (tertiary/aromatic N) is 1. The number of carbonyl (C=O) groups is 1. The first-order valence-corrected chi connectivity index (χ1v) is 9.78. The molecule has 5 aliphatic rings. The lowest BCUT2D eigenvalue weighted by Gasteiger charge is -2.57. The van der Waals surface area contributed by atoms with Crippen LogP contribution < -0.4 is 10.2 Å². The van der Waals surface area contributed by atoms with Crippen molar-refractivity contribution in [2.75, 3.05) is 11.4 Å². The van der Waals surface area contributed by atoms with Crippen molar-refractivity contribution in [1.82, 2.24) is 5.32 Å². The second kappa shape index (κ2) is 5.24. The van der Waals surface area contributed by atoms with Gasteiger partial charge in [0.05, 0.1) is 0 Å². The van der Waals surface area contributed by atoms with Gasteiger partial charge in [0.15, 0.2) is 0 Å². The van der Waals surface area contributed by atoms with Gasteiger partial charge in [-0.25, -0.2) is 0 Å². The molecule has 1 aromatic carbocycles. The molecule has 3 heteroatoms. The van der Waals surface area contributed by atoms with Crippen LogP contribution in [0.4, 0.5) is 5.69 Å². The van der Waals surface area contributed by atoms with Crippen LogP contribution in [-0.2, 0) is 11.2 Å². The lowest BCUT2D eigenvalue weighted by Crippen LogP contribution is -2.62. The third kappa shape index (κ3) is 2.28. The topological polar surface area (TPSA) is 32.3 Å². The van der Waals surface area contributed by atoms with Crippen molar-refractivity contribution in [3.8, 4) is 0 Å². The molecule has 0 unspecified atom stereocenters. The molecule has 4 aliphatic carbocycles. The Morgan fingerprint density at radius 3 is 2.42 bits per heavy atom. The summed E-state index contributed by atoms with van der Waals surface area (Å²) in [6, 6.07) is 8.47. The van der Waals surface area contributed by atoms with Crippen molar-refractivity contribution in [2.24, 2.45) is 17.8 Å². The molecule has 128 valence electrons. The summed E-state index contributed by atoms with van der Waals surface area (Å²) >= 11 is 0. The molecule has 4 fully saturated rings. The van der Waals surface area contributed by atoms with Crippen molar-refractivity contribution < 1.29 is 4.79 Å². The summed E-state index contributed by atoms with van der Waals surface area (Å²) in [5.41, 5.74) is 2.76. The van der Waals surface area contributed by atoms with Gasteiger partial charge in [0, 0.05) is 17.8 Å². The molecule has 1 N–H and O–H groups in total. The van der Waals surface area contributed by atoms with E-state index in [2.05, 4.69) is 41.4 Å². The monoisotopic (exact) mass is 324 g/mol. The fourth-order valence-electron chi connectivity index (χ4n) is 6.54. The maximum Gasteiger partial charge on any atom is 0.242 e. The van der Waals surface area contributed by atoms with Gasteiger partial charge in [-0.05, 0) is 81.3 Å². The summed E-state index contributed by atoms with van der Waals surface area (Å²) in [4.78, 5) is 15.4. The van der Waals surface area contributed by atoms with Crippen LogP contribution in [0.2, 0.25) is 0 Å². The second-order valence-corrected chi connectivity index (χ2v) is 8.94. The molecule has 6 rings (SSSR count). The fourth-order valence-corrected chi connectivity index (χ4v) is 6.54. The lowest BCUT2D eigenvalue weighted by atomic mass is 9.53. The second-order valence-electron chi connectivity index (χ2n) is 8.94. The van der Waals surface area contributed by atoms with Crippen molar-refractivity contribution in [1.29, 1.82) is 0 Å². The maximum atomic E-state index is 13.1. The number of hydrogen-bond donors (Lipinski definition) is 1. The van der Waals surface area contributed by atoms with E-state index in [-0.39, 0.29) is 17.5 Å². The van der Waals surface area contributed by atoms with Crippen LogP contribution in [0.25, 0.3) is 0 Å². The molecule has 0 spiro atoms. The van der Waals surface area contributed by atoms with E-state index < -0.39 is 0 Å². The Balaban J connectivity index is 1.32. The minimum Gasteiger partial charge on any atom is -0.359 e. The first-order valence-electron chi connectivity index (χ1n) is 9.78. The van der Waals surface area contributed by atoms with Crippen LogP contribution in [0.15, 0.2) is 24.3 Å². The summed E-state index contributed by atoms with van der Waals surface area (Å²) < 4.78 is 0. The van der Waals surface area contributed by atoms with Crippen molar-refractivity contribution in [2.45, 2.75) is 63.5 Å². The van der Waals surface area contributed by atoms with Crippen LogP contribution in [-0.4, -0.2) is 24.0 Å². The first-order chi connectivity index (χ1) is 11.6. The van der Waals surface area contributed by atoms with Crippen molar-refractivity contribution >= 4 is 11.6 Å². The van der Waals surface area contributed by atoms with E-state index in [4.69, 9.17) is 0 Å². The van der Waals surface area contributed by atoms with Gasteiger partial charge < -0.3 is 10.2 Å². The zero-order valence-electron chi connectivity index (χ0n) is 14.6. The number of benzene rings is 1. The van der Waals surface area contributed by atoms with Gasteiger partial charge in [0.2, 0.25) is 5.91 Å². The zero-order chi connectivity index (χ0) is 16.3. The van der Waals surface area contributed by atoms with E-state index in [1.807, 2.05) is 0 Å². The highest BCUT2D eigenvalue weighted by atomic mass is 16.2. The van der Waals surface area contributed by atoms with Gasteiger partial charge in [-0.2, -0.15) is 0 Å². The van der Waals surface area contributed by atoms with Crippen LogP contribution in [0.5, 0.6) is 0 Å². The summed E-state index contributed by atoms with van der Waals surface area (Å²) in [7, 11) is 0. The minimum absolute atomic E-state index is 0.0679. The third-order valence-corrected chi connectivity index (χ3v) is 7.20. The summed E-state index contributed by atoms with van der Waals surface area (Å²) in [6.07, 6.45) is 9.01. The summed E-state index contributed by atoms with van der Waals surface area (Å²) in [5, 5.41) is 3.55. The van der Waals surface area contributed by atoms with Crippen molar-refractivity contribution in [3.05, 3.63) is 29.8 Å². The average Bonchev–Trinajstić information content (AvgIpc) is 2.96. The molecule has 1 atom stereocenters. The van der Waals surface area contributed by atoms with Crippen LogP contribution in [0, 0.1) is 17.8 Å². The number of rotatable bonds is 3. The minimum atomic E-state index is -0.0679. The number of amides is 1. The maximum absolute atomic E-state index is 13.1. The smallest absolute Gasteiger partial charge is 0.242 e. The highest BCUT2D eigenvalue weighted by Crippen LogP contribution is 2.55. The number of carbonyl (C=O) groups excluding carboxylic acids is 1. The number of para-hydroxylation sites is 1. The van der Waals surface area contributed by atoms with Gasteiger partial charge in [-0.1, -0.05) is 18.2 Å². The Labute approximate surface area is 144 Å². The predicted molar refractivity (Wildman–Crippen MR) is 96.0 cm³/mol. The molecular formula is C21H28N2O. The molecule has 4 bridgehead atoms.